The second-order valence-corrected chi connectivity index (χ2v) is 9.43. The monoisotopic (exact) mass is 420 g/mol. The van der Waals surface area contributed by atoms with Crippen LogP contribution < -0.4 is 5.32 Å². The lowest BCUT2D eigenvalue weighted by atomic mass is 10.1. The summed E-state index contributed by atoms with van der Waals surface area (Å²) in [5.74, 6) is -0.537. The second kappa shape index (κ2) is 8.32. The summed E-state index contributed by atoms with van der Waals surface area (Å²) >= 11 is 6.21. The highest BCUT2D eigenvalue weighted by Crippen LogP contribution is 2.34. The zero-order valence-corrected chi connectivity index (χ0v) is 17.0. The molecule has 1 N–H and O–H groups in total. The highest BCUT2D eigenvalue weighted by molar-refractivity contribution is 7.91. The first-order valence-electron chi connectivity index (χ1n) is 8.91. The van der Waals surface area contributed by atoms with E-state index in [1.165, 1.54) is 6.92 Å². The summed E-state index contributed by atoms with van der Waals surface area (Å²) in [6.45, 7) is 1.86. The third kappa shape index (κ3) is 4.54. The lowest BCUT2D eigenvalue weighted by molar-refractivity contribution is -0.114. The van der Waals surface area contributed by atoms with E-state index in [2.05, 4.69) is 5.32 Å². The van der Waals surface area contributed by atoms with Crippen molar-refractivity contribution in [2.45, 2.75) is 18.6 Å². The predicted molar refractivity (Wildman–Crippen MR) is 109 cm³/mol. The number of nitrogens with zero attached hydrogens (tertiary/aromatic N) is 1. The average Bonchev–Trinajstić information content (AvgIpc) is 2.80. The highest BCUT2D eigenvalue weighted by atomic mass is 35.5. The van der Waals surface area contributed by atoms with Crippen molar-refractivity contribution >= 4 is 38.9 Å². The highest BCUT2D eigenvalue weighted by Gasteiger charge is 2.33. The molecule has 28 heavy (non-hydrogen) atoms. The minimum atomic E-state index is -3.43. The van der Waals surface area contributed by atoms with Crippen LogP contribution in [0.4, 0.5) is 5.69 Å². The molecule has 1 aliphatic rings. The Hall–Kier alpha value is -2.38. The van der Waals surface area contributed by atoms with Gasteiger partial charge in [-0.25, -0.2) is 8.42 Å². The maximum absolute atomic E-state index is 12.8. The number of hydrogen-bond donors (Lipinski definition) is 1. The molecule has 2 amide bonds. The Kier molecular flexibility index (Phi) is 6.05. The maximum Gasteiger partial charge on any atom is 0.253 e. The molecule has 148 valence electrons. The summed E-state index contributed by atoms with van der Waals surface area (Å²) in [4.78, 5) is 25.5. The van der Waals surface area contributed by atoms with Crippen LogP contribution in [0.15, 0.2) is 48.5 Å². The van der Waals surface area contributed by atoms with Crippen molar-refractivity contribution in [1.82, 2.24) is 4.90 Å². The van der Waals surface area contributed by atoms with E-state index in [0.29, 0.717) is 34.8 Å². The number of sulfone groups is 1. The van der Waals surface area contributed by atoms with Crippen molar-refractivity contribution in [3.8, 4) is 0 Å². The van der Waals surface area contributed by atoms with E-state index < -0.39 is 15.1 Å². The van der Waals surface area contributed by atoms with Gasteiger partial charge in [0.05, 0.1) is 11.0 Å². The SMILES string of the molecule is CC(=O)Nc1ccc(C(=O)N2CCC(c3ccccc3Cl)S(=O)(=O)CC2)cc1. The van der Waals surface area contributed by atoms with E-state index in [0.717, 1.165) is 0 Å². The van der Waals surface area contributed by atoms with Crippen LogP contribution in [0.3, 0.4) is 0 Å². The number of rotatable bonds is 3. The number of hydrogen-bond acceptors (Lipinski definition) is 4. The van der Waals surface area contributed by atoms with E-state index in [9.17, 15) is 18.0 Å². The van der Waals surface area contributed by atoms with Crippen LogP contribution in [-0.4, -0.2) is 44.0 Å². The van der Waals surface area contributed by atoms with E-state index in [-0.39, 0.29) is 24.1 Å². The van der Waals surface area contributed by atoms with Crippen LogP contribution in [0.25, 0.3) is 0 Å². The quantitative estimate of drug-likeness (QED) is 0.825. The number of amides is 2. The standard InChI is InChI=1S/C20H21ClN2O4S/c1-14(24)22-16-8-6-15(7-9-16)20(25)23-11-10-19(28(26,27)13-12-23)17-4-2-3-5-18(17)21/h2-9,19H,10-13H2,1H3,(H,22,24). The molecule has 1 atom stereocenters. The van der Waals surface area contributed by atoms with Gasteiger partial charge < -0.3 is 10.2 Å². The number of carbonyl (C=O) groups excluding carboxylic acids is 2. The largest absolute Gasteiger partial charge is 0.338 e. The lowest BCUT2D eigenvalue weighted by Crippen LogP contribution is -2.33. The number of carbonyl (C=O) groups is 2. The molecule has 8 heteroatoms. The molecular weight excluding hydrogens is 400 g/mol. The zero-order valence-electron chi connectivity index (χ0n) is 15.4. The normalized spacial score (nSPS) is 18.9. The van der Waals surface area contributed by atoms with Crippen LogP contribution in [0, 0.1) is 0 Å². The molecule has 2 aromatic carbocycles. The van der Waals surface area contributed by atoms with Crippen molar-refractivity contribution in [2.75, 3.05) is 24.2 Å². The second-order valence-electron chi connectivity index (χ2n) is 6.72. The molecule has 0 bridgehead atoms. The Morgan fingerprint density at radius 2 is 1.75 bits per heavy atom. The van der Waals surface area contributed by atoms with Gasteiger partial charge >= 0.3 is 0 Å². The van der Waals surface area contributed by atoms with Gasteiger partial charge in [0.2, 0.25) is 5.91 Å². The van der Waals surface area contributed by atoms with Crippen LogP contribution in [-0.2, 0) is 14.6 Å². The molecule has 0 radical (unpaired) electrons. The molecule has 0 aliphatic carbocycles. The first kappa shape index (κ1) is 20.4. The van der Waals surface area contributed by atoms with Gasteiger partial charge in [0.1, 0.15) is 0 Å². The molecule has 0 saturated carbocycles. The summed E-state index contributed by atoms with van der Waals surface area (Å²) in [5.41, 5.74) is 1.63. The molecule has 6 nitrogen and oxygen atoms in total. The molecule has 1 aliphatic heterocycles. The minimum Gasteiger partial charge on any atom is -0.338 e. The Balaban J connectivity index is 1.78. The maximum atomic E-state index is 12.8. The smallest absolute Gasteiger partial charge is 0.253 e. The number of benzene rings is 2. The fourth-order valence-electron chi connectivity index (χ4n) is 3.31. The first-order valence-corrected chi connectivity index (χ1v) is 11.0. The van der Waals surface area contributed by atoms with Gasteiger partial charge in [-0.2, -0.15) is 0 Å². The molecule has 1 unspecified atom stereocenters. The molecule has 0 aromatic heterocycles. The minimum absolute atomic E-state index is 0.112. The third-order valence-corrected chi connectivity index (χ3v) is 7.18. The number of anilines is 1. The molecule has 1 saturated heterocycles. The zero-order chi connectivity index (χ0) is 20.3. The first-order chi connectivity index (χ1) is 13.3. The summed E-state index contributed by atoms with van der Waals surface area (Å²) < 4.78 is 25.5. The Morgan fingerprint density at radius 3 is 2.39 bits per heavy atom. The summed E-state index contributed by atoms with van der Waals surface area (Å²) in [6, 6.07) is 13.5. The number of nitrogens with one attached hydrogen (secondary N) is 1. The van der Waals surface area contributed by atoms with Crippen LogP contribution in [0.2, 0.25) is 5.02 Å². The molecule has 1 fully saturated rings. The van der Waals surface area contributed by atoms with E-state index in [1.807, 2.05) is 0 Å². The van der Waals surface area contributed by atoms with E-state index in [4.69, 9.17) is 11.6 Å². The lowest BCUT2D eigenvalue weighted by Gasteiger charge is -2.20. The van der Waals surface area contributed by atoms with Crippen molar-refractivity contribution in [1.29, 1.82) is 0 Å². The van der Waals surface area contributed by atoms with Gasteiger partial charge in [-0.3, -0.25) is 9.59 Å². The van der Waals surface area contributed by atoms with Crippen molar-refractivity contribution in [3.05, 3.63) is 64.7 Å². The molecule has 3 rings (SSSR count). The number of halogens is 1. The Labute approximate surface area is 169 Å². The van der Waals surface area contributed by atoms with Gasteiger partial charge in [-0.15, -0.1) is 0 Å². The Bertz CT molecular complexity index is 990. The molecule has 1 heterocycles. The Morgan fingerprint density at radius 1 is 1.07 bits per heavy atom. The van der Waals surface area contributed by atoms with Gasteiger partial charge in [0.25, 0.3) is 5.91 Å². The molecule has 0 spiro atoms. The average molecular weight is 421 g/mol. The summed E-state index contributed by atoms with van der Waals surface area (Å²) in [6.07, 6.45) is 0.293. The molecule has 2 aromatic rings. The third-order valence-electron chi connectivity index (χ3n) is 4.73. The van der Waals surface area contributed by atoms with Crippen molar-refractivity contribution in [3.63, 3.8) is 0 Å². The predicted octanol–water partition coefficient (Wildman–Crippen LogP) is 3.30. The van der Waals surface area contributed by atoms with E-state index in [1.54, 1.807) is 53.4 Å². The van der Waals surface area contributed by atoms with Gasteiger partial charge in [-0.05, 0) is 42.3 Å². The fourth-order valence-corrected chi connectivity index (χ4v) is 5.46. The fraction of sp³-hybridized carbons (Fsp3) is 0.300. The molecular formula is C20H21ClN2O4S. The van der Waals surface area contributed by atoms with Crippen molar-refractivity contribution in [2.24, 2.45) is 0 Å². The topological polar surface area (TPSA) is 83.6 Å². The summed E-state index contributed by atoms with van der Waals surface area (Å²) in [5, 5.41) is 2.34. The van der Waals surface area contributed by atoms with Crippen LogP contribution >= 0.6 is 11.6 Å². The van der Waals surface area contributed by atoms with Gasteiger partial charge in [0, 0.05) is 36.3 Å². The van der Waals surface area contributed by atoms with Crippen molar-refractivity contribution < 1.29 is 18.0 Å². The summed E-state index contributed by atoms with van der Waals surface area (Å²) in [7, 11) is -3.43. The van der Waals surface area contributed by atoms with E-state index >= 15 is 0 Å². The van der Waals surface area contributed by atoms with Crippen LogP contribution in [0.5, 0.6) is 0 Å². The van der Waals surface area contributed by atoms with Gasteiger partial charge in [0.15, 0.2) is 9.84 Å². The van der Waals surface area contributed by atoms with Crippen LogP contribution in [0.1, 0.15) is 34.5 Å². The van der Waals surface area contributed by atoms with Gasteiger partial charge in [-0.1, -0.05) is 29.8 Å².